The summed E-state index contributed by atoms with van der Waals surface area (Å²) in [6.45, 7) is 23.7. The van der Waals surface area contributed by atoms with Crippen molar-refractivity contribution in [2.45, 2.75) is 74.1 Å². The third kappa shape index (κ3) is 7.38. The van der Waals surface area contributed by atoms with Crippen LogP contribution in [-0.2, 0) is 4.79 Å². The van der Waals surface area contributed by atoms with Crippen LogP contribution in [0.4, 0.5) is 0 Å². The molecule has 2 saturated heterocycles. The number of amides is 1. The molecular formula is C23H47N3O. The molecule has 1 amide bonds. The lowest BCUT2D eigenvalue weighted by Gasteiger charge is -2.45. The molecule has 0 unspecified atom stereocenters. The van der Waals surface area contributed by atoms with Crippen molar-refractivity contribution >= 4 is 5.91 Å². The highest BCUT2D eigenvalue weighted by Crippen LogP contribution is 2.41. The minimum absolute atomic E-state index is 0.351. The first kappa shape index (κ1) is 24.4. The fourth-order valence-corrected chi connectivity index (χ4v) is 4.44. The Kier molecular flexibility index (Phi) is 10.9. The second kappa shape index (κ2) is 12.1. The van der Waals surface area contributed by atoms with Gasteiger partial charge in [0.25, 0.3) is 0 Å². The van der Waals surface area contributed by atoms with Crippen LogP contribution in [0.25, 0.3) is 0 Å². The first-order valence-electron chi connectivity index (χ1n) is 11.6. The molecule has 0 saturated carbocycles. The molecule has 4 heteroatoms. The molecule has 160 valence electrons. The Bertz CT molecular complexity index is 406. The van der Waals surface area contributed by atoms with E-state index in [1.54, 1.807) is 0 Å². The van der Waals surface area contributed by atoms with Crippen LogP contribution in [0.5, 0.6) is 0 Å². The summed E-state index contributed by atoms with van der Waals surface area (Å²) in [4.78, 5) is 19.7. The zero-order valence-corrected chi connectivity index (χ0v) is 19.4. The zero-order valence-electron chi connectivity index (χ0n) is 19.4. The van der Waals surface area contributed by atoms with Gasteiger partial charge in [-0.05, 0) is 43.1 Å². The topological polar surface area (TPSA) is 26.8 Å². The third-order valence-electron chi connectivity index (χ3n) is 6.89. The van der Waals surface area contributed by atoms with Crippen molar-refractivity contribution in [3.05, 3.63) is 0 Å². The summed E-state index contributed by atoms with van der Waals surface area (Å²) in [7, 11) is 0. The number of likely N-dealkylation sites (tertiary alicyclic amines) is 1. The van der Waals surface area contributed by atoms with Gasteiger partial charge >= 0.3 is 0 Å². The van der Waals surface area contributed by atoms with Crippen LogP contribution in [0, 0.1) is 17.3 Å². The molecule has 0 aliphatic carbocycles. The predicted molar refractivity (Wildman–Crippen MR) is 117 cm³/mol. The highest BCUT2D eigenvalue weighted by molar-refractivity contribution is 5.78. The minimum atomic E-state index is 0.351. The second-order valence-corrected chi connectivity index (χ2v) is 9.05. The van der Waals surface area contributed by atoms with Gasteiger partial charge in [0.15, 0.2) is 0 Å². The Labute approximate surface area is 169 Å². The molecule has 0 radical (unpaired) electrons. The normalized spacial score (nSPS) is 21.3. The smallest absolute Gasteiger partial charge is 0.236 e. The summed E-state index contributed by atoms with van der Waals surface area (Å²) in [6, 6.07) is 0. The monoisotopic (exact) mass is 381 g/mol. The van der Waals surface area contributed by atoms with Gasteiger partial charge in [-0.2, -0.15) is 0 Å². The Balaban J connectivity index is 0.00000176. The third-order valence-corrected chi connectivity index (χ3v) is 6.89. The largest absolute Gasteiger partial charge is 0.342 e. The Morgan fingerprint density at radius 1 is 0.889 bits per heavy atom. The van der Waals surface area contributed by atoms with Gasteiger partial charge in [0.1, 0.15) is 0 Å². The van der Waals surface area contributed by atoms with E-state index in [0.29, 0.717) is 23.8 Å². The maximum atomic E-state index is 12.7. The molecule has 27 heavy (non-hydrogen) atoms. The van der Waals surface area contributed by atoms with Crippen LogP contribution >= 0.6 is 0 Å². The van der Waals surface area contributed by atoms with Gasteiger partial charge < -0.3 is 9.80 Å². The Hall–Kier alpha value is -0.610. The van der Waals surface area contributed by atoms with Crippen LogP contribution in [0.1, 0.15) is 74.1 Å². The lowest BCUT2D eigenvalue weighted by atomic mass is 9.68. The van der Waals surface area contributed by atoms with Gasteiger partial charge in [0, 0.05) is 39.3 Å². The number of carbonyl (C=O) groups excluding carboxylic acids is 1. The van der Waals surface area contributed by atoms with Gasteiger partial charge in [-0.3, -0.25) is 9.69 Å². The van der Waals surface area contributed by atoms with Crippen LogP contribution in [0.2, 0.25) is 0 Å². The van der Waals surface area contributed by atoms with Gasteiger partial charge in [-0.1, -0.05) is 54.9 Å². The van der Waals surface area contributed by atoms with E-state index < -0.39 is 0 Å². The molecule has 0 N–H and O–H groups in total. The first-order valence-corrected chi connectivity index (χ1v) is 11.6. The lowest BCUT2D eigenvalue weighted by Crippen LogP contribution is -2.52. The Morgan fingerprint density at radius 2 is 1.41 bits per heavy atom. The quantitative estimate of drug-likeness (QED) is 0.656. The summed E-state index contributed by atoms with van der Waals surface area (Å²) < 4.78 is 0. The van der Waals surface area contributed by atoms with E-state index >= 15 is 0 Å². The minimum Gasteiger partial charge on any atom is -0.342 e. The molecule has 2 rings (SSSR count). The highest BCUT2D eigenvalue weighted by Gasteiger charge is 2.37. The second-order valence-electron chi connectivity index (χ2n) is 9.05. The summed E-state index contributed by atoms with van der Waals surface area (Å²) in [5.41, 5.74) is 0.457. The molecule has 0 aromatic heterocycles. The molecule has 2 aliphatic rings. The molecule has 0 bridgehead atoms. The van der Waals surface area contributed by atoms with E-state index in [-0.39, 0.29) is 0 Å². The molecule has 2 aliphatic heterocycles. The van der Waals surface area contributed by atoms with Crippen LogP contribution in [0.15, 0.2) is 0 Å². The maximum absolute atomic E-state index is 12.7. The van der Waals surface area contributed by atoms with E-state index in [0.717, 1.165) is 45.2 Å². The Morgan fingerprint density at radius 3 is 1.85 bits per heavy atom. The maximum Gasteiger partial charge on any atom is 0.236 e. The fraction of sp³-hybridized carbons (Fsp3) is 0.957. The van der Waals surface area contributed by atoms with Gasteiger partial charge in [-0.25, -0.2) is 0 Å². The van der Waals surface area contributed by atoms with Crippen LogP contribution in [0.3, 0.4) is 0 Å². The van der Waals surface area contributed by atoms with Gasteiger partial charge in [0.05, 0.1) is 6.54 Å². The van der Waals surface area contributed by atoms with E-state index in [1.807, 2.05) is 13.8 Å². The summed E-state index contributed by atoms with van der Waals surface area (Å²) in [6.07, 6.45) is 4.87. The van der Waals surface area contributed by atoms with Gasteiger partial charge in [0.2, 0.25) is 5.91 Å². The van der Waals surface area contributed by atoms with Crippen molar-refractivity contribution in [1.82, 2.24) is 14.7 Å². The summed E-state index contributed by atoms with van der Waals surface area (Å²) in [5.74, 6) is 1.84. The van der Waals surface area contributed by atoms with Crippen molar-refractivity contribution in [2.24, 2.45) is 17.3 Å². The standard InChI is InChI=1S/C21H41N3O.C2H6/c1-6-21(19(4)5)8-11-24(12-9-21)20(25)17-23-15-13-22(14-16-23)10-7-18(2)3;1-2/h18-19H,6-17H2,1-5H3;1-2H3. The highest BCUT2D eigenvalue weighted by atomic mass is 16.2. The van der Waals surface area contributed by atoms with Crippen molar-refractivity contribution in [3.8, 4) is 0 Å². The van der Waals surface area contributed by atoms with Crippen molar-refractivity contribution in [1.29, 1.82) is 0 Å². The van der Waals surface area contributed by atoms with E-state index in [9.17, 15) is 4.79 Å². The molecule has 0 aromatic carbocycles. The number of rotatable bonds is 7. The number of piperidine rings is 1. The number of hydrogen-bond acceptors (Lipinski definition) is 3. The molecule has 2 heterocycles. The fourth-order valence-electron chi connectivity index (χ4n) is 4.44. The van der Waals surface area contributed by atoms with Crippen LogP contribution < -0.4 is 0 Å². The molecular weight excluding hydrogens is 334 g/mol. The molecule has 0 aromatic rings. The van der Waals surface area contributed by atoms with E-state index in [4.69, 9.17) is 0 Å². The number of carbonyl (C=O) groups is 1. The number of nitrogens with zero attached hydrogens (tertiary/aromatic N) is 3. The predicted octanol–water partition coefficient (Wildman–Crippen LogP) is 4.35. The number of hydrogen-bond donors (Lipinski definition) is 0. The molecule has 0 spiro atoms. The summed E-state index contributed by atoms with van der Waals surface area (Å²) in [5, 5.41) is 0. The zero-order chi connectivity index (χ0) is 20.4. The van der Waals surface area contributed by atoms with E-state index in [1.165, 1.54) is 32.2 Å². The average molecular weight is 382 g/mol. The number of piperazine rings is 1. The van der Waals surface area contributed by atoms with Crippen LogP contribution in [-0.4, -0.2) is 73.0 Å². The van der Waals surface area contributed by atoms with Crippen molar-refractivity contribution < 1.29 is 4.79 Å². The van der Waals surface area contributed by atoms with Crippen molar-refractivity contribution in [3.63, 3.8) is 0 Å². The van der Waals surface area contributed by atoms with Gasteiger partial charge in [-0.15, -0.1) is 0 Å². The molecule has 0 atom stereocenters. The SMILES string of the molecule is CC.CCC1(C(C)C)CCN(C(=O)CN2CCN(CCC(C)C)CC2)CC1. The lowest BCUT2D eigenvalue weighted by molar-refractivity contribution is -0.135. The molecule has 2 fully saturated rings. The van der Waals surface area contributed by atoms with Crippen molar-refractivity contribution in [2.75, 3.05) is 52.4 Å². The summed E-state index contributed by atoms with van der Waals surface area (Å²) >= 11 is 0. The first-order chi connectivity index (χ1) is 12.9. The average Bonchev–Trinajstić information content (AvgIpc) is 2.68. The van der Waals surface area contributed by atoms with E-state index in [2.05, 4.69) is 49.3 Å². The molecule has 4 nitrogen and oxygen atoms in total.